The number of para-hydroxylation sites is 1. The summed E-state index contributed by atoms with van der Waals surface area (Å²) in [4.78, 5) is 14.0. The number of nitrogens with one attached hydrogen (secondary N) is 1. The van der Waals surface area contributed by atoms with Crippen molar-refractivity contribution in [1.29, 1.82) is 0 Å². The predicted molar refractivity (Wildman–Crippen MR) is 79.1 cm³/mol. The zero-order valence-electron chi connectivity index (χ0n) is 12.5. The molecule has 2 aromatic rings. The number of benzene rings is 1. The van der Waals surface area contributed by atoms with Gasteiger partial charge in [-0.2, -0.15) is 15.0 Å². The van der Waals surface area contributed by atoms with Gasteiger partial charge in [0.25, 0.3) is 5.91 Å². The van der Waals surface area contributed by atoms with Crippen LogP contribution in [0, 0.1) is 5.92 Å². The molecule has 2 rings (SSSR count). The van der Waals surface area contributed by atoms with Crippen LogP contribution in [0.2, 0.25) is 0 Å². The van der Waals surface area contributed by atoms with Gasteiger partial charge in [0.15, 0.2) is 0 Å². The van der Waals surface area contributed by atoms with Gasteiger partial charge in [0.1, 0.15) is 5.75 Å². The third kappa shape index (κ3) is 3.81. The van der Waals surface area contributed by atoms with Crippen LogP contribution in [0.25, 0.3) is 0 Å². The van der Waals surface area contributed by atoms with Gasteiger partial charge >= 0.3 is 0 Å². The molecule has 0 aliphatic carbocycles. The van der Waals surface area contributed by atoms with Gasteiger partial charge in [0, 0.05) is 0 Å². The van der Waals surface area contributed by atoms with Crippen LogP contribution in [-0.2, 0) is 6.54 Å². The summed E-state index contributed by atoms with van der Waals surface area (Å²) in [7, 11) is 1.56. The average molecular weight is 288 g/mol. The molecule has 1 aromatic heterocycles. The van der Waals surface area contributed by atoms with E-state index in [2.05, 4.69) is 29.4 Å². The van der Waals surface area contributed by atoms with Gasteiger partial charge in [0.2, 0.25) is 0 Å². The Bertz CT molecular complexity index is 581. The van der Waals surface area contributed by atoms with Crippen molar-refractivity contribution in [1.82, 2.24) is 20.3 Å². The van der Waals surface area contributed by atoms with E-state index in [1.54, 1.807) is 36.4 Å². The predicted octanol–water partition coefficient (Wildman–Crippen LogP) is 1.74. The quantitative estimate of drug-likeness (QED) is 0.879. The maximum Gasteiger partial charge on any atom is 0.255 e. The Morgan fingerprint density at radius 3 is 2.57 bits per heavy atom. The van der Waals surface area contributed by atoms with Crippen LogP contribution >= 0.6 is 0 Å². The number of ether oxygens (including phenoxy) is 1. The summed E-state index contributed by atoms with van der Waals surface area (Å²) < 4.78 is 5.22. The fourth-order valence-corrected chi connectivity index (χ4v) is 2.02. The summed E-state index contributed by atoms with van der Waals surface area (Å²) in [6.07, 6.45) is 3.25. The van der Waals surface area contributed by atoms with Gasteiger partial charge in [-0.25, -0.2) is 0 Å². The summed E-state index contributed by atoms with van der Waals surface area (Å²) in [6, 6.07) is 7.11. The molecule has 1 N–H and O–H groups in total. The van der Waals surface area contributed by atoms with Gasteiger partial charge in [-0.15, -0.1) is 0 Å². The molecule has 6 heteroatoms. The molecule has 1 unspecified atom stereocenters. The highest BCUT2D eigenvalue weighted by atomic mass is 16.5. The van der Waals surface area contributed by atoms with E-state index in [-0.39, 0.29) is 17.9 Å². The van der Waals surface area contributed by atoms with Gasteiger partial charge in [-0.3, -0.25) is 4.79 Å². The van der Waals surface area contributed by atoms with Gasteiger partial charge in [-0.1, -0.05) is 26.0 Å². The lowest BCUT2D eigenvalue weighted by atomic mass is 10.0. The van der Waals surface area contributed by atoms with Crippen molar-refractivity contribution in [3.8, 4) is 5.75 Å². The number of nitrogens with zero attached hydrogens (tertiary/aromatic N) is 3. The molecule has 0 bridgehead atoms. The highest BCUT2D eigenvalue weighted by Gasteiger charge is 2.20. The molecule has 21 heavy (non-hydrogen) atoms. The summed E-state index contributed by atoms with van der Waals surface area (Å²) in [5, 5.41) is 11.2. The van der Waals surface area contributed by atoms with Crippen molar-refractivity contribution in [2.75, 3.05) is 7.11 Å². The molecule has 0 spiro atoms. The molecule has 0 radical (unpaired) electrons. The molecule has 0 saturated carbocycles. The van der Waals surface area contributed by atoms with E-state index in [0.29, 0.717) is 17.9 Å². The smallest absolute Gasteiger partial charge is 0.255 e. The highest BCUT2D eigenvalue weighted by molar-refractivity contribution is 5.97. The molecule has 1 atom stereocenters. The van der Waals surface area contributed by atoms with Gasteiger partial charge < -0.3 is 10.1 Å². The fourth-order valence-electron chi connectivity index (χ4n) is 2.02. The zero-order chi connectivity index (χ0) is 15.2. The van der Waals surface area contributed by atoms with E-state index in [4.69, 9.17) is 4.74 Å². The van der Waals surface area contributed by atoms with Crippen molar-refractivity contribution in [3.63, 3.8) is 0 Å². The maximum atomic E-state index is 12.4. The first-order chi connectivity index (χ1) is 10.1. The van der Waals surface area contributed by atoms with Crippen molar-refractivity contribution < 1.29 is 9.53 Å². The minimum atomic E-state index is -0.154. The van der Waals surface area contributed by atoms with E-state index >= 15 is 0 Å². The average Bonchev–Trinajstić information content (AvgIpc) is 2.99. The first kappa shape index (κ1) is 15.0. The van der Waals surface area contributed by atoms with Crippen molar-refractivity contribution >= 4 is 5.91 Å². The summed E-state index contributed by atoms with van der Waals surface area (Å²) >= 11 is 0. The molecule has 0 aliphatic heterocycles. The molecule has 1 aromatic carbocycles. The number of carbonyl (C=O) groups is 1. The SMILES string of the molecule is COc1ccccc1C(=O)NC(Cn1nccn1)C(C)C. The molecular formula is C15H20N4O2. The van der Waals surface area contributed by atoms with Crippen molar-refractivity contribution in [2.45, 2.75) is 26.4 Å². The molecule has 0 aliphatic rings. The molecule has 1 amide bonds. The number of rotatable bonds is 6. The van der Waals surface area contributed by atoms with Crippen LogP contribution < -0.4 is 10.1 Å². The van der Waals surface area contributed by atoms with Gasteiger partial charge in [0.05, 0.1) is 37.7 Å². The molecular weight excluding hydrogens is 268 g/mol. The highest BCUT2D eigenvalue weighted by Crippen LogP contribution is 2.17. The lowest BCUT2D eigenvalue weighted by Crippen LogP contribution is -2.42. The zero-order valence-corrected chi connectivity index (χ0v) is 12.5. The number of hydrogen-bond acceptors (Lipinski definition) is 4. The second-order valence-corrected chi connectivity index (χ2v) is 5.11. The molecule has 112 valence electrons. The first-order valence-electron chi connectivity index (χ1n) is 6.89. The van der Waals surface area contributed by atoms with Crippen LogP contribution in [0.4, 0.5) is 0 Å². The number of hydrogen-bond donors (Lipinski definition) is 1. The van der Waals surface area contributed by atoms with Crippen LogP contribution in [0.3, 0.4) is 0 Å². The Morgan fingerprint density at radius 2 is 1.95 bits per heavy atom. The first-order valence-corrected chi connectivity index (χ1v) is 6.89. The molecule has 6 nitrogen and oxygen atoms in total. The van der Waals surface area contributed by atoms with E-state index in [0.717, 1.165) is 0 Å². The minimum absolute atomic E-state index is 0.0604. The third-order valence-electron chi connectivity index (χ3n) is 3.30. The Morgan fingerprint density at radius 1 is 1.29 bits per heavy atom. The molecule has 0 saturated heterocycles. The van der Waals surface area contributed by atoms with Crippen LogP contribution in [0.1, 0.15) is 24.2 Å². The van der Waals surface area contributed by atoms with Crippen LogP contribution in [0.5, 0.6) is 5.75 Å². The number of aromatic nitrogens is 3. The third-order valence-corrected chi connectivity index (χ3v) is 3.30. The molecule has 0 fully saturated rings. The van der Waals surface area contributed by atoms with Crippen LogP contribution in [-0.4, -0.2) is 34.1 Å². The second-order valence-electron chi connectivity index (χ2n) is 5.11. The normalized spacial score (nSPS) is 12.2. The Balaban J connectivity index is 2.11. The Labute approximate surface area is 124 Å². The summed E-state index contributed by atoms with van der Waals surface area (Å²) in [6.45, 7) is 4.64. The number of methoxy groups -OCH3 is 1. The maximum absolute atomic E-state index is 12.4. The lowest BCUT2D eigenvalue weighted by molar-refractivity contribution is 0.0915. The van der Waals surface area contributed by atoms with E-state index in [1.807, 2.05) is 12.1 Å². The van der Waals surface area contributed by atoms with Crippen LogP contribution in [0.15, 0.2) is 36.7 Å². The standard InChI is InChI=1S/C15H20N4O2/c1-11(2)13(10-19-16-8-9-17-19)18-15(20)12-6-4-5-7-14(12)21-3/h4-9,11,13H,10H2,1-3H3,(H,18,20). The number of carbonyl (C=O) groups excluding carboxylic acids is 1. The van der Waals surface area contributed by atoms with Crippen molar-refractivity contribution in [3.05, 3.63) is 42.2 Å². The van der Waals surface area contributed by atoms with E-state index in [9.17, 15) is 4.79 Å². The monoisotopic (exact) mass is 288 g/mol. The Hall–Kier alpha value is -2.37. The Kier molecular flexibility index (Phi) is 4.92. The second kappa shape index (κ2) is 6.88. The fraction of sp³-hybridized carbons (Fsp3) is 0.400. The molecule has 1 heterocycles. The summed E-state index contributed by atoms with van der Waals surface area (Å²) in [5.41, 5.74) is 0.527. The topological polar surface area (TPSA) is 69.0 Å². The van der Waals surface area contributed by atoms with E-state index in [1.165, 1.54) is 0 Å². The minimum Gasteiger partial charge on any atom is -0.496 e. The van der Waals surface area contributed by atoms with Gasteiger partial charge in [-0.05, 0) is 18.1 Å². The lowest BCUT2D eigenvalue weighted by Gasteiger charge is -2.22. The summed E-state index contributed by atoms with van der Waals surface area (Å²) in [5.74, 6) is 0.669. The number of amides is 1. The largest absolute Gasteiger partial charge is 0.496 e. The van der Waals surface area contributed by atoms with Crippen molar-refractivity contribution in [2.24, 2.45) is 5.92 Å². The van der Waals surface area contributed by atoms with E-state index < -0.39 is 0 Å².